The maximum Gasteiger partial charge on any atom is 0.227 e. The Kier molecular flexibility index (Phi) is 6.31. The topological polar surface area (TPSA) is 41.6 Å². The average molecular weight is 339 g/mol. The third-order valence-corrected chi connectivity index (χ3v) is 4.92. The van der Waals surface area contributed by atoms with Crippen molar-refractivity contribution in [2.75, 3.05) is 31.1 Å². The molecule has 1 N–H and O–H groups in total. The normalized spacial score (nSPS) is 21.7. The number of nitrogens with one attached hydrogen (secondary N) is 1. The third kappa shape index (κ3) is 4.18. The molecule has 0 spiro atoms. The van der Waals surface area contributed by atoms with Crippen LogP contribution in [0.2, 0.25) is 0 Å². The summed E-state index contributed by atoms with van der Waals surface area (Å²) in [6, 6.07) is 6.07. The molecule has 4 nitrogen and oxygen atoms in total. The van der Waals surface area contributed by atoms with Crippen LogP contribution in [0.1, 0.15) is 31.7 Å². The van der Waals surface area contributed by atoms with Crippen LogP contribution in [0, 0.1) is 18.8 Å². The molecule has 0 bridgehead atoms. The predicted octanol–water partition coefficient (Wildman–Crippen LogP) is 3.17. The van der Waals surface area contributed by atoms with Crippen LogP contribution < -0.4 is 15.0 Å². The van der Waals surface area contributed by atoms with Crippen molar-refractivity contribution >= 4 is 24.0 Å². The van der Waals surface area contributed by atoms with Crippen LogP contribution in [-0.2, 0) is 4.79 Å². The van der Waals surface area contributed by atoms with Gasteiger partial charge in [0.05, 0.1) is 12.2 Å². The molecule has 0 aliphatic carbocycles. The standard InChI is InChI=1S/C18H26N2O2.ClH/c1-13-5-6-16-17(10-13)22-9-8-20(16)18(21)11-14(2)15-4-3-7-19-12-15;/h5-6,10,14-15,19H,3-4,7-9,11-12H2,1-2H3;1H. The van der Waals surface area contributed by atoms with Gasteiger partial charge in [0, 0.05) is 6.42 Å². The third-order valence-electron chi connectivity index (χ3n) is 4.92. The number of hydrogen-bond acceptors (Lipinski definition) is 3. The monoisotopic (exact) mass is 338 g/mol. The van der Waals surface area contributed by atoms with Gasteiger partial charge in [0.2, 0.25) is 5.91 Å². The number of fused-ring (bicyclic) bond motifs is 1. The highest BCUT2D eigenvalue weighted by Gasteiger charge is 2.28. The first kappa shape index (κ1) is 18.1. The molecule has 128 valence electrons. The number of carbonyl (C=O) groups is 1. The molecule has 0 saturated carbocycles. The van der Waals surface area contributed by atoms with E-state index in [2.05, 4.69) is 12.2 Å². The lowest BCUT2D eigenvalue weighted by molar-refractivity contribution is -0.120. The molecule has 5 heteroatoms. The summed E-state index contributed by atoms with van der Waals surface area (Å²) >= 11 is 0. The van der Waals surface area contributed by atoms with Gasteiger partial charge in [0.25, 0.3) is 0 Å². The molecule has 1 aromatic rings. The summed E-state index contributed by atoms with van der Waals surface area (Å²) in [6.07, 6.45) is 3.09. The molecule has 1 fully saturated rings. The van der Waals surface area contributed by atoms with E-state index in [-0.39, 0.29) is 18.3 Å². The van der Waals surface area contributed by atoms with E-state index in [0.29, 0.717) is 31.4 Å². The maximum absolute atomic E-state index is 12.7. The van der Waals surface area contributed by atoms with Gasteiger partial charge >= 0.3 is 0 Å². The number of ether oxygens (including phenoxy) is 1. The van der Waals surface area contributed by atoms with Gasteiger partial charge in [-0.1, -0.05) is 13.0 Å². The second-order valence-electron chi connectivity index (χ2n) is 6.65. The molecule has 2 aliphatic heterocycles. The lowest BCUT2D eigenvalue weighted by Gasteiger charge is -2.33. The summed E-state index contributed by atoms with van der Waals surface area (Å²) in [5, 5.41) is 3.45. The summed E-state index contributed by atoms with van der Waals surface area (Å²) in [7, 11) is 0. The van der Waals surface area contributed by atoms with E-state index in [1.54, 1.807) is 0 Å². The number of benzene rings is 1. The first-order valence-corrected chi connectivity index (χ1v) is 8.39. The van der Waals surface area contributed by atoms with Gasteiger partial charge in [-0.2, -0.15) is 0 Å². The number of piperidine rings is 1. The summed E-state index contributed by atoms with van der Waals surface area (Å²) in [4.78, 5) is 14.7. The highest BCUT2D eigenvalue weighted by Crippen LogP contribution is 2.33. The van der Waals surface area contributed by atoms with E-state index in [1.165, 1.54) is 12.8 Å². The van der Waals surface area contributed by atoms with Crippen molar-refractivity contribution in [3.05, 3.63) is 23.8 Å². The molecular weight excluding hydrogens is 312 g/mol. The van der Waals surface area contributed by atoms with Crippen LogP contribution in [0.5, 0.6) is 5.75 Å². The summed E-state index contributed by atoms with van der Waals surface area (Å²) in [5.41, 5.74) is 2.09. The largest absolute Gasteiger partial charge is 0.490 e. The fourth-order valence-corrected chi connectivity index (χ4v) is 3.50. The molecule has 0 radical (unpaired) electrons. The Morgan fingerprint density at radius 1 is 1.48 bits per heavy atom. The maximum atomic E-state index is 12.7. The number of carbonyl (C=O) groups excluding carboxylic acids is 1. The van der Waals surface area contributed by atoms with Gasteiger partial charge in [-0.15, -0.1) is 12.4 Å². The van der Waals surface area contributed by atoms with Crippen LogP contribution in [-0.4, -0.2) is 32.1 Å². The molecule has 1 aromatic carbocycles. The second kappa shape index (κ2) is 8.02. The highest BCUT2D eigenvalue weighted by molar-refractivity contribution is 5.95. The van der Waals surface area contributed by atoms with Crippen LogP contribution in [0.4, 0.5) is 5.69 Å². The fraction of sp³-hybridized carbons (Fsp3) is 0.611. The van der Waals surface area contributed by atoms with Crippen molar-refractivity contribution in [1.29, 1.82) is 0 Å². The smallest absolute Gasteiger partial charge is 0.227 e. The predicted molar refractivity (Wildman–Crippen MR) is 95.6 cm³/mol. The van der Waals surface area contributed by atoms with Crippen molar-refractivity contribution in [3.8, 4) is 5.75 Å². The van der Waals surface area contributed by atoms with Crippen molar-refractivity contribution in [1.82, 2.24) is 5.32 Å². The Morgan fingerprint density at radius 3 is 3.04 bits per heavy atom. The highest BCUT2D eigenvalue weighted by atomic mass is 35.5. The SMILES string of the molecule is Cc1ccc2c(c1)OCCN2C(=O)CC(C)C1CCCNC1.Cl. The number of nitrogens with zero attached hydrogens (tertiary/aromatic N) is 1. The molecule has 0 aromatic heterocycles. The van der Waals surface area contributed by atoms with Gasteiger partial charge in [0.15, 0.2) is 0 Å². The van der Waals surface area contributed by atoms with Gasteiger partial charge in [0.1, 0.15) is 12.4 Å². The van der Waals surface area contributed by atoms with Gasteiger partial charge in [-0.25, -0.2) is 0 Å². The van der Waals surface area contributed by atoms with Crippen molar-refractivity contribution in [2.24, 2.45) is 11.8 Å². The molecule has 2 atom stereocenters. The molecule has 23 heavy (non-hydrogen) atoms. The molecule has 1 amide bonds. The molecule has 2 aliphatic rings. The Hall–Kier alpha value is -1.26. The Balaban J connectivity index is 0.00000192. The number of aryl methyl sites for hydroxylation is 1. The number of rotatable bonds is 3. The van der Waals surface area contributed by atoms with Crippen LogP contribution in [0.25, 0.3) is 0 Å². The van der Waals surface area contributed by atoms with E-state index in [1.807, 2.05) is 30.0 Å². The minimum absolute atomic E-state index is 0. The molecule has 2 heterocycles. The fourth-order valence-electron chi connectivity index (χ4n) is 3.50. The van der Waals surface area contributed by atoms with E-state index in [0.717, 1.165) is 30.1 Å². The summed E-state index contributed by atoms with van der Waals surface area (Å²) in [5.74, 6) is 2.12. The lowest BCUT2D eigenvalue weighted by atomic mass is 9.85. The Bertz CT molecular complexity index is 544. The van der Waals surface area contributed by atoms with E-state index < -0.39 is 0 Å². The minimum Gasteiger partial charge on any atom is -0.490 e. The minimum atomic E-state index is 0. The van der Waals surface area contributed by atoms with Crippen LogP contribution >= 0.6 is 12.4 Å². The summed E-state index contributed by atoms with van der Waals surface area (Å²) in [6.45, 7) is 7.67. The quantitative estimate of drug-likeness (QED) is 0.920. The van der Waals surface area contributed by atoms with E-state index >= 15 is 0 Å². The zero-order chi connectivity index (χ0) is 15.5. The Labute approximate surface area is 145 Å². The Morgan fingerprint density at radius 2 is 2.30 bits per heavy atom. The van der Waals surface area contributed by atoms with E-state index in [4.69, 9.17) is 4.74 Å². The number of hydrogen-bond donors (Lipinski definition) is 1. The molecule has 1 saturated heterocycles. The van der Waals surface area contributed by atoms with Crippen molar-refractivity contribution < 1.29 is 9.53 Å². The zero-order valence-corrected chi connectivity index (χ0v) is 14.8. The number of anilines is 1. The van der Waals surface area contributed by atoms with E-state index in [9.17, 15) is 4.79 Å². The number of halogens is 1. The van der Waals surface area contributed by atoms with Gasteiger partial charge < -0.3 is 15.0 Å². The van der Waals surface area contributed by atoms with Crippen LogP contribution in [0.3, 0.4) is 0 Å². The van der Waals surface area contributed by atoms with Crippen LogP contribution in [0.15, 0.2) is 18.2 Å². The first-order chi connectivity index (χ1) is 10.6. The average Bonchev–Trinajstić information content (AvgIpc) is 2.54. The number of amides is 1. The lowest BCUT2D eigenvalue weighted by Crippen LogP contribution is -2.40. The molecule has 2 unspecified atom stereocenters. The van der Waals surface area contributed by atoms with Gasteiger partial charge in [-0.05, 0) is 62.4 Å². The summed E-state index contributed by atoms with van der Waals surface area (Å²) < 4.78 is 5.70. The van der Waals surface area contributed by atoms with Crippen molar-refractivity contribution in [2.45, 2.75) is 33.1 Å². The molecular formula is C18H27ClN2O2. The zero-order valence-electron chi connectivity index (χ0n) is 14.0. The molecule has 3 rings (SSSR count). The second-order valence-corrected chi connectivity index (χ2v) is 6.65. The van der Waals surface area contributed by atoms with Crippen molar-refractivity contribution in [3.63, 3.8) is 0 Å². The first-order valence-electron chi connectivity index (χ1n) is 8.39. The van der Waals surface area contributed by atoms with Gasteiger partial charge in [-0.3, -0.25) is 4.79 Å².